The van der Waals surface area contributed by atoms with Crippen LogP contribution in [0.4, 0.5) is 0 Å². The maximum atomic E-state index is 12.3. The normalized spacial score (nSPS) is 11.5. The molecule has 27 heavy (non-hydrogen) atoms. The number of hydrogen-bond donors (Lipinski definition) is 0. The van der Waals surface area contributed by atoms with Crippen molar-refractivity contribution < 1.29 is 22.7 Å². The molecule has 0 unspecified atom stereocenters. The number of benzene rings is 2. The highest BCUT2D eigenvalue weighted by molar-refractivity contribution is 7.89. The summed E-state index contributed by atoms with van der Waals surface area (Å²) in [6.45, 7) is -0.0651. The van der Waals surface area contributed by atoms with Gasteiger partial charge in [-0.25, -0.2) is 17.5 Å². The molecule has 0 saturated carbocycles. The average molecular weight is 453 g/mol. The van der Waals surface area contributed by atoms with E-state index in [4.69, 9.17) is 44.3 Å². The molecule has 0 aliphatic carbocycles. The van der Waals surface area contributed by atoms with Gasteiger partial charge in [-0.05, 0) is 30.3 Å². The SMILES string of the molecule is CN(C)S(=O)(=O)c1cc(C(=O)OCCOc2c(Cl)cccc2Cl)ccc1Cl. The molecule has 0 amide bonds. The summed E-state index contributed by atoms with van der Waals surface area (Å²) in [6.07, 6.45) is 0. The minimum absolute atomic E-state index is 0.0111. The molecule has 0 aromatic heterocycles. The van der Waals surface area contributed by atoms with Crippen LogP contribution in [0.15, 0.2) is 41.3 Å². The van der Waals surface area contributed by atoms with Gasteiger partial charge in [0.05, 0.1) is 20.6 Å². The standard InChI is InChI=1S/C17H16Cl3NO5S/c1-21(2)27(23,24)15-10-11(6-7-12(15)18)17(22)26-9-8-25-16-13(19)4-3-5-14(16)20/h3-7,10H,8-9H2,1-2H3. The predicted octanol–water partition coefficient (Wildman–Crippen LogP) is 4.13. The van der Waals surface area contributed by atoms with E-state index in [0.717, 1.165) is 4.31 Å². The number of nitrogens with zero attached hydrogens (tertiary/aromatic N) is 1. The molecule has 0 heterocycles. The molecule has 0 saturated heterocycles. The third-order valence-corrected chi connectivity index (χ3v) is 6.30. The third-order valence-electron chi connectivity index (χ3n) is 3.41. The summed E-state index contributed by atoms with van der Waals surface area (Å²) < 4.78 is 36.0. The molecule has 146 valence electrons. The molecule has 6 nitrogen and oxygen atoms in total. The molecule has 0 aliphatic heterocycles. The van der Waals surface area contributed by atoms with Crippen molar-refractivity contribution in [2.24, 2.45) is 0 Å². The Bertz CT molecular complexity index is 927. The maximum absolute atomic E-state index is 12.3. The number of para-hydroxylation sites is 1. The Morgan fingerprint density at radius 2 is 1.63 bits per heavy atom. The minimum atomic E-state index is -3.79. The van der Waals surface area contributed by atoms with Crippen LogP contribution in [0, 0.1) is 0 Å². The van der Waals surface area contributed by atoms with Gasteiger partial charge in [-0.2, -0.15) is 0 Å². The van der Waals surface area contributed by atoms with Crippen molar-refractivity contribution in [1.29, 1.82) is 0 Å². The molecule has 0 radical (unpaired) electrons. The van der Waals surface area contributed by atoms with E-state index >= 15 is 0 Å². The van der Waals surface area contributed by atoms with Crippen molar-refractivity contribution in [1.82, 2.24) is 4.31 Å². The molecule has 2 aromatic carbocycles. The number of hydrogen-bond acceptors (Lipinski definition) is 5. The lowest BCUT2D eigenvalue weighted by Gasteiger charge is -2.14. The highest BCUT2D eigenvalue weighted by Crippen LogP contribution is 2.32. The van der Waals surface area contributed by atoms with Crippen LogP contribution in [0.1, 0.15) is 10.4 Å². The number of ether oxygens (including phenoxy) is 2. The van der Waals surface area contributed by atoms with E-state index in [1.54, 1.807) is 18.2 Å². The summed E-state index contributed by atoms with van der Waals surface area (Å²) >= 11 is 17.9. The molecular weight excluding hydrogens is 437 g/mol. The summed E-state index contributed by atoms with van der Waals surface area (Å²) in [5.74, 6) is -0.418. The zero-order valence-corrected chi connectivity index (χ0v) is 17.5. The van der Waals surface area contributed by atoms with Crippen molar-refractivity contribution in [3.05, 3.63) is 57.0 Å². The Morgan fingerprint density at radius 3 is 2.22 bits per heavy atom. The van der Waals surface area contributed by atoms with Crippen LogP contribution < -0.4 is 4.74 Å². The van der Waals surface area contributed by atoms with Gasteiger partial charge in [0.2, 0.25) is 10.0 Å². The van der Waals surface area contributed by atoms with Crippen LogP contribution in [0.25, 0.3) is 0 Å². The molecule has 0 atom stereocenters. The monoisotopic (exact) mass is 451 g/mol. The molecule has 0 aliphatic rings. The first-order valence-corrected chi connectivity index (χ1v) is 10.2. The lowest BCUT2D eigenvalue weighted by Crippen LogP contribution is -2.23. The minimum Gasteiger partial charge on any atom is -0.487 e. The molecule has 2 aromatic rings. The van der Waals surface area contributed by atoms with E-state index in [9.17, 15) is 13.2 Å². The number of carbonyl (C=O) groups excluding carboxylic acids is 1. The van der Waals surface area contributed by atoms with E-state index in [1.165, 1.54) is 32.3 Å². The molecule has 0 bridgehead atoms. The maximum Gasteiger partial charge on any atom is 0.338 e. The first kappa shape index (κ1) is 21.8. The van der Waals surface area contributed by atoms with Gasteiger partial charge in [0.1, 0.15) is 18.1 Å². The zero-order chi connectivity index (χ0) is 20.2. The van der Waals surface area contributed by atoms with Gasteiger partial charge in [-0.3, -0.25) is 0 Å². The number of halogens is 3. The van der Waals surface area contributed by atoms with Crippen LogP contribution in [-0.2, 0) is 14.8 Å². The van der Waals surface area contributed by atoms with Crippen molar-refractivity contribution in [2.75, 3.05) is 27.3 Å². The van der Waals surface area contributed by atoms with Crippen LogP contribution >= 0.6 is 34.8 Å². The van der Waals surface area contributed by atoms with Crippen molar-refractivity contribution in [3.8, 4) is 5.75 Å². The topological polar surface area (TPSA) is 72.9 Å². The van der Waals surface area contributed by atoms with Gasteiger partial charge in [0.15, 0.2) is 5.75 Å². The Balaban J connectivity index is 2.03. The highest BCUT2D eigenvalue weighted by atomic mass is 35.5. The van der Waals surface area contributed by atoms with Crippen molar-refractivity contribution in [3.63, 3.8) is 0 Å². The average Bonchev–Trinajstić information content (AvgIpc) is 2.60. The Labute approximate surface area is 172 Å². The summed E-state index contributed by atoms with van der Waals surface area (Å²) in [4.78, 5) is 12.0. The van der Waals surface area contributed by atoms with Crippen LogP contribution in [0.5, 0.6) is 5.75 Å². The molecule has 2 rings (SSSR count). The Hall–Kier alpha value is -1.51. The Morgan fingerprint density at radius 1 is 1.00 bits per heavy atom. The largest absolute Gasteiger partial charge is 0.487 e. The first-order valence-electron chi connectivity index (χ1n) is 7.60. The lowest BCUT2D eigenvalue weighted by atomic mass is 10.2. The lowest BCUT2D eigenvalue weighted by molar-refractivity contribution is 0.0450. The molecule has 0 spiro atoms. The quantitative estimate of drug-likeness (QED) is 0.466. The summed E-state index contributed by atoms with van der Waals surface area (Å²) in [5, 5.41) is 0.687. The molecule has 0 fully saturated rings. The van der Waals surface area contributed by atoms with Gasteiger partial charge in [-0.15, -0.1) is 0 Å². The number of sulfonamides is 1. The predicted molar refractivity (Wildman–Crippen MR) is 105 cm³/mol. The van der Waals surface area contributed by atoms with E-state index in [1.807, 2.05) is 0 Å². The number of carbonyl (C=O) groups is 1. The van der Waals surface area contributed by atoms with Gasteiger partial charge >= 0.3 is 5.97 Å². The van der Waals surface area contributed by atoms with E-state index < -0.39 is 16.0 Å². The fraction of sp³-hybridized carbons (Fsp3) is 0.235. The van der Waals surface area contributed by atoms with Gasteiger partial charge in [0.25, 0.3) is 0 Å². The zero-order valence-electron chi connectivity index (χ0n) is 14.4. The van der Waals surface area contributed by atoms with Crippen molar-refractivity contribution in [2.45, 2.75) is 4.90 Å². The summed E-state index contributed by atoms with van der Waals surface area (Å²) in [5.41, 5.74) is 0.0515. The summed E-state index contributed by atoms with van der Waals surface area (Å²) in [7, 11) is -1.06. The second-order valence-corrected chi connectivity index (χ2v) is 8.81. The first-order chi connectivity index (χ1) is 12.6. The Kier molecular flexibility index (Phi) is 7.36. The summed E-state index contributed by atoms with van der Waals surface area (Å²) in [6, 6.07) is 8.80. The van der Waals surface area contributed by atoms with Gasteiger partial charge in [0, 0.05) is 14.1 Å². The second kappa shape index (κ2) is 9.12. The fourth-order valence-corrected chi connectivity index (χ4v) is 3.91. The van der Waals surface area contributed by atoms with Gasteiger partial charge in [-0.1, -0.05) is 40.9 Å². The fourth-order valence-electron chi connectivity index (χ4n) is 2.01. The number of esters is 1. The smallest absolute Gasteiger partial charge is 0.338 e. The van der Waals surface area contributed by atoms with Crippen LogP contribution in [0.3, 0.4) is 0 Å². The van der Waals surface area contributed by atoms with Gasteiger partial charge < -0.3 is 9.47 Å². The molecular formula is C17H16Cl3NO5S. The van der Waals surface area contributed by atoms with Crippen molar-refractivity contribution >= 4 is 50.8 Å². The number of rotatable bonds is 7. The second-order valence-electron chi connectivity index (χ2n) is 5.47. The van der Waals surface area contributed by atoms with E-state index in [0.29, 0.717) is 15.8 Å². The molecule has 10 heteroatoms. The van der Waals surface area contributed by atoms with Crippen LogP contribution in [-0.4, -0.2) is 46.0 Å². The van der Waals surface area contributed by atoms with E-state index in [-0.39, 0.29) is 28.7 Å². The molecule has 0 N–H and O–H groups in total. The van der Waals surface area contributed by atoms with Crippen LogP contribution in [0.2, 0.25) is 15.1 Å². The van der Waals surface area contributed by atoms with E-state index in [2.05, 4.69) is 0 Å². The third kappa shape index (κ3) is 5.27. The highest BCUT2D eigenvalue weighted by Gasteiger charge is 2.22.